The highest BCUT2D eigenvalue weighted by atomic mass is 35.5. The molecule has 2 aromatic heterocycles. The van der Waals surface area contributed by atoms with Gasteiger partial charge < -0.3 is 14.1 Å². The summed E-state index contributed by atoms with van der Waals surface area (Å²) in [4.78, 5) is 12.9. The predicted octanol–water partition coefficient (Wildman–Crippen LogP) is 3.54. The first-order valence-electron chi connectivity index (χ1n) is 9.85. The number of ether oxygens (including phenoxy) is 1. The Morgan fingerprint density at radius 2 is 1.80 bits per heavy atom. The Kier molecular flexibility index (Phi) is 6.47. The van der Waals surface area contributed by atoms with Crippen LogP contribution >= 0.6 is 11.6 Å². The number of oxazole rings is 1. The van der Waals surface area contributed by atoms with E-state index in [-0.39, 0.29) is 6.61 Å². The maximum Gasteiger partial charge on any atom is 0.236 e. The SMILES string of the molecule is N#Cc1nc(COc2ccc(Cl)cc2)oc1N1CCN(CCc2ccncc2)CC1. The van der Waals surface area contributed by atoms with Crippen LogP contribution in [0.2, 0.25) is 5.02 Å². The molecular weight excluding hydrogens is 402 g/mol. The number of nitriles is 1. The standard InChI is InChI=1S/C22H22ClN5O2/c23-18-1-3-19(4-2-18)29-16-21-26-20(15-24)22(30-21)28-13-11-27(12-14-28)10-7-17-5-8-25-9-6-17/h1-6,8-9H,7,10-14,16H2. The van der Waals surface area contributed by atoms with E-state index in [0.717, 1.165) is 39.1 Å². The van der Waals surface area contributed by atoms with Crippen molar-refractivity contribution in [3.63, 3.8) is 0 Å². The van der Waals surface area contributed by atoms with Crippen LogP contribution in [0.15, 0.2) is 53.2 Å². The first kappa shape index (κ1) is 20.2. The van der Waals surface area contributed by atoms with Crippen LogP contribution in [0.4, 0.5) is 5.88 Å². The van der Waals surface area contributed by atoms with E-state index in [1.54, 1.807) is 24.3 Å². The third-order valence-electron chi connectivity index (χ3n) is 5.06. The van der Waals surface area contributed by atoms with Crippen molar-refractivity contribution < 1.29 is 9.15 Å². The summed E-state index contributed by atoms with van der Waals surface area (Å²) < 4.78 is 11.6. The number of nitrogens with zero attached hydrogens (tertiary/aromatic N) is 5. The molecule has 0 aliphatic carbocycles. The molecule has 1 aromatic carbocycles. The van der Waals surface area contributed by atoms with Crippen LogP contribution in [0.1, 0.15) is 17.1 Å². The Hall–Kier alpha value is -3.08. The highest BCUT2D eigenvalue weighted by Gasteiger charge is 2.24. The van der Waals surface area contributed by atoms with E-state index in [1.165, 1.54) is 5.56 Å². The molecule has 4 rings (SSSR count). The van der Waals surface area contributed by atoms with E-state index in [0.29, 0.717) is 28.2 Å². The van der Waals surface area contributed by atoms with Crippen molar-refractivity contribution in [2.75, 3.05) is 37.6 Å². The Bertz CT molecular complexity index is 993. The van der Waals surface area contributed by atoms with Gasteiger partial charge in [0.15, 0.2) is 6.61 Å². The normalized spacial score (nSPS) is 14.5. The minimum absolute atomic E-state index is 0.155. The molecule has 1 fully saturated rings. The molecule has 7 nitrogen and oxygen atoms in total. The summed E-state index contributed by atoms with van der Waals surface area (Å²) in [6, 6.07) is 13.3. The number of benzene rings is 1. The molecular formula is C22H22ClN5O2. The molecule has 1 aliphatic rings. The smallest absolute Gasteiger partial charge is 0.236 e. The lowest BCUT2D eigenvalue weighted by atomic mass is 10.2. The molecule has 3 aromatic rings. The van der Waals surface area contributed by atoms with Crippen molar-refractivity contribution in [1.29, 1.82) is 5.26 Å². The molecule has 0 spiro atoms. The predicted molar refractivity (Wildman–Crippen MR) is 114 cm³/mol. The minimum Gasteiger partial charge on any atom is -0.484 e. The van der Waals surface area contributed by atoms with Crippen molar-refractivity contribution in [2.24, 2.45) is 0 Å². The molecule has 1 aliphatic heterocycles. The van der Waals surface area contributed by atoms with Crippen molar-refractivity contribution in [2.45, 2.75) is 13.0 Å². The number of anilines is 1. The molecule has 154 valence electrons. The lowest BCUT2D eigenvalue weighted by molar-refractivity contribution is 0.248. The molecule has 0 saturated carbocycles. The molecule has 0 amide bonds. The quantitative estimate of drug-likeness (QED) is 0.575. The Morgan fingerprint density at radius 1 is 1.07 bits per heavy atom. The van der Waals surface area contributed by atoms with E-state index >= 15 is 0 Å². The molecule has 0 atom stereocenters. The van der Waals surface area contributed by atoms with Crippen LogP contribution in [0.3, 0.4) is 0 Å². The summed E-state index contributed by atoms with van der Waals surface area (Å²) in [5.74, 6) is 1.58. The number of piperazine rings is 1. The fraction of sp³-hybridized carbons (Fsp3) is 0.318. The van der Waals surface area contributed by atoms with E-state index in [1.807, 2.05) is 12.4 Å². The number of hydrogen-bond acceptors (Lipinski definition) is 7. The largest absolute Gasteiger partial charge is 0.484 e. The number of pyridine rings is 1. The van der Waals surface area contributed by atoms with Gasteiger partial charge in [0, 0.05) is 50.1 Å². The lowest BCUT2D eigenvalue weighted by Crippen LogP contribution is -2.47. The third-order valence-corrected chi connectivity index (χ3v) is 5.31. The second kappa shape index (κ2) is 9.61. The number of halogens is 1. The average Bonchev–Trinajstić information content (AvgIpc) is 3.22. The fourth-order valence-electron chi connectivity index (χ4n) is 3.39. The highest BCUT2D eigenvalue weighted by Crippen LogP contribution is 2.24. The maximum absolute atomic E-state index is 9.47. The second-order valence-electron chi connectivity index (χ2n) is 7.05. The molecule has 3 heterocycles. The second-order valence-corrected chi connectivity index (χ2v) is 7.49. The first-order chi connectivity index (χ1) is 14.7. The molecule has 1 saturated heterocycles. The third kappa shape index (κ3) is 5.09. The van der Waals surface area contributed by atoms with Gasteiger partial charge in [0.2, 0.25) is 17.5 Å². The first-order valence-corrected chi connectivity index (χ1v) is 10.2. The minimum atomic E-state index is 0.155. The monoisotopic (exact) mass is 423 g/mol. The van der Waals surface area contributed by atoms with E-state index in [9.17, 15) is 5.26 Å². The Morgan fingerprint density at radius 3 is 2.50 bits per heavy atom. The van der Waals surface area contributed by atoms with Crippen molar-refractivity contribution in [1.82, 2.24) is 14.9 Å². The Labute approximate surface area is 180 Å². The summed E-state index contributed by atoms with van der Waals surface area (Å²) in [7, 11) is 0. The van der Waals surface area contributed by atoms with Gasteiger partial charge in [-0.25, -0.2) is 0 Å². The van der Waals surface area contributed by atoms with Gasteiger partial charge in [-0.05, 0) is 48.4 Å². The van der Waals surface area contributed by atoms with Gasteiger partial charge in [-0.1, -0.05) is 11.6 Å². The van der Waals surface area contributed by atoms with Crippen LogP contribution in [-0.2, 0) is 13.0 Å². The number of hydrogen-bond donors (Lipinski definition) is 0. The van der Waals surface area contributed by atoms with Crippen LogP contribution in [0, 0.1) is 11.3 Å². The molecule has 0 radical (unpaired) electrons. The zero-order valence-electron chi connectivity index (χ0n) is 16.5. The molecule has 0 unspecified atom stereocenters. The summed E-state index contributed by atoms with van der Waals surface area (Å²) in [6.07, 6.45) is 4.66. The van der Waals surface area contributed by atoms with Crippen LogP contribution < -0.4 is 9.64 Å². The van der Waals surface area contributed by atoms with Gasteiger partial charge in [0.25, 0.3) is 0 Å². The van der Waals surface area contributed by atoms with Crippen LogP contribution in [0.5, 0.6) is 5.75 Å². The average molecular weight is 424 g/mol. The van der Waals surface area contributed by atoms with E-state index in [4.69, 9.17) is 20.8 Å². The van der Waals surface area contributed by atoms with E-state index in [2.05, 4.69) is 38.0 Å². The van der Waals surface area contributed by atoms with Crippen molar-refractivity contribution in [3.8, 4) is 11.8 Å². The van der Waals surface area contributed by atoms with Gasteiger partial charge in [-0.3, -0.25) is 9.88 Å². The Balaban J connectivity index is 1.31. The van der Waals surface area contributed by atoms with Gasteiger partial charge >= 0.3 is 0 Å². The van der Waals surface area contributed by atoms with Gasteiger partial charge in [0.05, 0.1) is 0 Å². The summed E-state index contributed by atoms with van der Waals surface area (Å²) in [5, 5.41) is 10.1. The molecule has 8 heteroatoms. The summed E-state index contributed by atoms with van der Waals surface area (Å²) in [5.41, 5.74) is 1.59. The fourth-order valence-corrected chi connectivity index (χ4v) is 3.52. The molecule has 30 heavy (non-hydrogen) atoms. The van der Waals surface area contributed by atoms with Crippen molar-refractivity contribution in [3.05, 3.63) is 71.0 Å². The van der Waals surface area contributed by atoms with Crippen molar-refractivity contribution >= 4 is 17.5 Å². The lowest BCUT2D eigenvalue weighted by Gasteiger charge is -2.34. The topological polar surface area (TPSA) is 78.4 Å². The zero-order valence-corrected chi connectivity index (χ0v) is 17.3. The van der Waals surface area contributed by atoms with E-state index < -0.39 is 0 Å². The molecule has 0 N–H and O–H groups in total. The zero-order chi connectivity index (χ0) is 20.8. The molecule has 0 bridgehead atoms. The number of rotatable bonds is 7. The van der Waals surface area contributed by atoms with Gasteiger partial charge in [-0.15, -0.1) is 0 Å². The summed E-state index contributed by atoms with van der Waals surface area (Å²) >= 11 is 5.88. The summed E-state index contributed by atoms with van der Waals surface area (Å²) in [6.45, 7) is 4.55. The highest BCUT2D eigenvalue weighted by molar-refractivity contribution is 6.30. The van der Waals surface area contributed by atoms with Gasteiger partial charge in [-0.2, -0.15) is 10.2 Å². The van der Waals surface area contributed by atoms with Crippen LogP contribution in [0.25, 0.3) is 0 Å². The number of aromatic nitrogens is 2. The van der Waals surface area contributed by atoms with Crippen LogP contribution in [-0.4, -0.2) is 47.6 Å². The maximum atomic E-state index is 9.47. The van der Waals surface area contributed by atoms with Gasteiger partial charge in [0.1, 0.15) is 11.8 Å².